The number of pyridine rings is 1. The Balaban J connectivity index is 1.70. The van der Waals surface area contributed by atoms with Crippen LogP contribution >= 0.6 is 11.8 Å². The van der Waals surface area contributed by atoms with E-state index >= 15 is 0 Å². The van der Waals surface area contributed by atoms with Crippen molar-refractivity contribution in [3.63, 3.8) is 0 Å². The molecule has 0 aliphatic rings. The molecule has 0 N–H and O–H groups in total. The van der Waals surface area contributed by atoms with Gasteiger partial charge in [-0.15, -0.1) is 0 Å². The van der Waals surface area contributed by atoms with E-state index in [4.69, 9.17) is 0 Å². The van der Waals surface area contributed by atoms with Crippen LogP contribution in [0.3, 0.4) is 0 Å². The number of fused-ring (bicyclic) bond motifs is 1. The largest absolute Gasteiger partial charge is 0.321 e. The Morgan fingerprint density at radius 1 is 1.00 bits per heavy atom. The molecule has 6 heteroatoms. The normalized spacial score (nSPS) is 11.5. The number of rotatable bonds is 5. The molecule has 0 radical (unpaired) electrons. The van der Waals surface area contributed by atoms with E-state index < -0.39 is 11.6 Å². The zero-order chi connectivity index (χ0) is 19.7. The topological polar surface area (TPSA) is 30.7 Å². The van der Waals surface area contributed by atoms with Crippen molar-refractivity contribution in [1.29, 1.82) is 0 Å². The number of benzene rings is 2. The summed E-state index contributed by atoms with van der Waals surface area (Å²) in [4.78, 5) is 9.58. The van der Waals surface area contributed by atoms with Crippen LogP contribution in [0.1, 0.15) is 31.0 Å². The van der Waals surface area contributed by atoms with Crippen LogP contribution in [0.4, 0.5) is 8.78 Å². The third-order valence-electron chi connectivity index (χ3n) is 4.41. The van der Waals surface area contributed by atoms with Crippen LogP contribution < -0.4 is 0 Å². The molecule has 2 heterocycles. The first kappa shape index (κ1) is 18.6. The number of nitrogens with zero attached hydrogens (tertiary/aromatic N) is 3. The third kappa shape index (κ3) is 3.92. The second kappa shape index (κ2) is 7.72. The Morgan fingerprint density at radius 2 is 1.75 bits per heavy atom. The standard InChI is InChI=1S/C22H19F2N3S/c1-14(2)21-22(28-19-9-17(23)8-18(24)10-19)27(13-26-21)12-15-7-16-5-3-4-6-20(16)25-11-15/h3-11,13-14H,12H2,1-2H3. The first-order chi connectivity index (χ1) is 13.5. The van der Waals surface area contributed by atoms with Crippen LogP contribution in [0.2, 0.25) is 0 Å². The fourth-order valence-corrected chi connectivity index (χ4v) is 4.29. The molecule has 4 aromatic rings. The van der Waals surface area contributed by atoms with E-state index in [1.54, 1.807) is 6.33 Å². The van der Waals surface area contributed by atoms with E-state index in [0.717, 1.165) is 33.3 Å². The average Bonchev–Trinajstić information content (AvgIpc) is 3.03. The van der Waals surface area contributed by atoms with Crippen molar-refractivity contribution in [3.05, 3.63) is 83.9 Å². The van der Waals surface area contributed by atoms with Gasteiger partial charge >= 0.3 is 0 Å². The van der Waals surface area contributed by atoms with Gasteiger partial charge in [0.05, 0.1) is 24.1 Å². The second-order valence-corrected chi connectivity index (χ2v) is 8.02. The summed E-state index contributed by atoms with van der Waals surface area (Å²) < 4.78 is 29.3. The molecule has 0 spiro atoms. The molecule has 0 saturated carbocycles. The van der Waals surface area contributed by atoms with Gasteiger partial charge in [-0.2, -0.15) is 0 Å². The van der Waals surface area contributed by atoms with Gasteiger partial charge in [0.25, 0.3) is 0 Å². The third-order valence-corrected chi connectivity index (χ3v) is 5.52. The Kier molecular flexibility index (Phi) is 5.13. The summed E-state index contributed by atoms with van der Waals surface area (Å²) in [6.45, 7) is 4.69. The van der Waals surface area contributed by atoms with Crippen LogP contribution in [-0.4, -0.2) is 14.5 Å². The zero-order valence-corrected chi connectivity index (χ0v) is 16.4. The number of hydrogen-bond donors (Lipinski definition) is 0. The van der Waals surface area contributed by atoms with Gasteiger partial charge in [-0.05, 0) is 35.7 Å². The quantitative estimate of drug-likeness (QED) is 0.413. The lowest BCUT2D eigenvalue weighted by Gasteiger charge is -2.12. The number of para-hydroxylation sites is 1. The van der Waals surface area contributed by atoms with Crippen molar-refractivity contribution in [2.24, 2.45) is 0 Å². The van der Waals surface area contributed by atoms with Gasteiger partial charge in [0, 0.05) is 22.5 Å². The van der Waals surface area contributed by atoms with Gasteiger partial charge in [-0.25, -0.2) is 13.8 Å². The van der Waals surface area contributed by atoms with Gasteiger partial charge in [0.15, 0.2) is 0 Å². The SMILES string of the molecule is CC(C)c1ncn(Cc2cnc3ccccc3c2)c1Sc1cc(F)cc(F)c1. The monoisotopic (exact) mass is 395 g/mol. The van der Waals surface area contributed by atoms with E-state index in [1.807, 2.05) is 35.0 Å². The summed E-state index contributed by atoms with van der Waals surface area (Å²) in [7, 11) is 0. The summed E-state index contributed by atoms with van der Waals surface area (Å²) in [6.07, 6.45) is 3.64. The second-order valence-electron chi connectivity index (χ2n) is 6.96. The molecule has 28 heavy (non-hydrogen) atoms. The van der Waals surface area contributed by atoms with E-state index in [2.05, 4.69) is 29.9 Å². The number of aromatic nitrogens is 3. The van der Waals surface area contributed by atoms with Crippen molar-refractivity contribution >= 4 is 22.7 Å². The molecular weight excluding hydrogens is 376 g/mol. The fraction of sp³-hybridized carbons (Fsp3) is 0.182. The molecule has 0 atom stereocenters. The molecule has 2 aromatic heterocycles. The summed E-state index contributed by atoms with van der Waals surface area (Å²) in [5.41, 5.74) is 2.90. The molecule has 0 amide bonds. The van der Waals surface area contributed by atoms with Crippen LogP contribution in [0.25, 0.3) is 10.9 Å². The number of halogens is 2. The maximum Gasteiger partial charge on any atom is 0.127 e. The summed E-state index contributed by atoms with van der Waals surface area (Å²) >= 11 is 1.33. The Morgan fingerprint density at radius 3 is 2.50 bits per heavy atom. The predicted molar refractivity (Wildman–Crippen MR) is 108 cm³/mol. The highest BCUT2D eigenvalue weighted by atomic mass is 32.2. The first-order valence-electron chi connectivity index (χ1n) is 9.02. The molecule has 0 aliphatic carbocycles. The minimum absolute atomic E-state index is 0.192. The Labute approximate surface area is 166 Å². The molecule has 0 bridgehead atoms. The number of hydrogen-bond acceptors (Lipinski definition) is 3. The molecule has 4 rings (SSSR count). The molecule has 0 saturated heterocycles. The lowest BCUT2D eigenvalue weighted by molar-refractivity contribution is 0.577. The Hall–Kier alpha value is -2.73. The first-order valence-corrected chi connectivity index (χ1v) is 9.84. The summed E-state index contributed by atoms with van der Waals surface area (Å²) in [6, 6.07) is 13.6. The molecule has 0 aliphatic heterocycles. The van der Waals surface area contributed by atoms with E-state index in [-0.39, 0.29) is 5.92 Å². The van der Waals surface area contributed by atoms with E-state index in [0.29, 0.717) is 11.4 Å². The maximum absolute atomic E-state index is 13.6. The van der Waals surface area contributed by atoms with Crippen molar-refractivity contribution < 1.29 is 8.78 Å². The smallest absolute Gasteiger partial charge is 0.127 e. The highest BCUT2D eigenvalue weighted by molar-refractivity contribution is 7.99. The van der Waals surface area contributed by atoms with Gasteiger partial charge in [-0.1, -0.05) is 43.8 Å². The molecule has 2 aromatic carbocycles. The van der Waals surface area contributed by atoms with Crippen LogP contribution in [0.5, 0.6) is 0 Å². The molecule has 0 fully saturated rings. The van der Waals surface area contributed by atoms with Crippen molar-refractivity contribution in [3.8, 4) is 0 Å². The predicted octanol–water partition coefficient (Wildman–Crippen LogP) is 6.03. The Bertz CT molecular complexity index is 1120. The highest BCUT2D eigenvalue weighted by Gasteiger charge is 2.17. The van der Waals surface area contributed by atoms with Crippen molar-refractivity contribution in [1.82, 2.24) is 14.5 Å². The maximum atomic E-state index is 13.6. The van der Waals surface area contributed by atoms with Gasteiger partial charge in [0.2, 0.25) is 0 Å². The average molecular weight is 395 g/mol. The minimum Gasteiger partial charge on any atom is -0.321 e. The lowest BCUT2D eigenvalue weighted by Crippen LogP contribution is -2.02. The molecule has 142 valence electrons. The highest BCUT2D eigenvalue weighted by Crippen LogP contribution is 2.34. The lowest BCUT2D eigenvalue weighted by atomic mass is 10.1. The molecule has 0 unspecified atom stereocenters. The van der Waals surface area contributed by atoms with Crippen LogP contribution in [0.15, 0.2) is 71.0 Å². The fourth-order valence-electron chi connectivity index (χ4n) is 3.11. The van der Waals surface area contributed by atoms with Gasteiger partial charge < -0.3 is 4.57 Å². The van der Waals surface area contributed by atoms with Crippen LogP contribution in [-0.2, 0) is 6.54 Å². The summed E-state index contributed by atoms with van der Waals surface area (Å²) in [5, 5.41) is 1.96. The minimum atomic E-state index is -0.585. The van der Waals surface area contributed by atoms with E-state index in [1.165, 1.54) is 23.9 Å². The number of imidazole rings is 1. The van der Waals surface area contributed by atoms with E-state index in [9.17, 15) is 8.78 Å². The molecular formula is C22H19F2N3S. The van der Waals surface area contributed by atoms with Gasteiger partial charge in [-0.3, -0.25) is 4.98 Å². The van der Waals surface area contributed by atoms with Gasteiger partial charge in [0.1, 0.15) is 16.7 Å². The molecule has 3 nitrogen and oxygen atoms in total. The van der Waals surface area contributed by atoms with Crippen molar-refractivity contribution in [2.45, 2.75) is 36.2 Å². The summed E-state index contributed by atoms with van der Waals surface area (Å²) in [5.74, 6) is -0.978. The zero-order valence-electron chi connectivity index (χ0n) is 15.6. The van der Waals surface area contributed by atoms with Crippen molar-refractivity contribution in [2.75, 3.05) is 0 Å². The van der Waals surface area contributed by atoms with Crippen LogP contribution in [0, 0.1) is 11.6 Å².